The van der Waals surface area contributed by atoms with E-state index in [0.717, 1.165) is 33.4 Å². The molecule has 0 spiro atoms. The third kappa shape index (κ3) is 3.57. The van der Waals surface area contributed by atoms with Crippen LogP contribution in [0.5, 0.6) is 0 Å². The lowest BCUT2D eigenvalue weighted by atomic mass is 9.98. The highest BCUT2D eigenvalue weighted by atomic mass is 19.1. The quantitative estimate of drug-likeness (QED) is 0.280. The van der Waals surface area contributed by atoms with E-state index in [2.05, 4.69) is 18.9 Å². The summed E-state index contributed by atoms with van der Waals surface area (Å²) in [6, 6.07) is 9.92. The Bertz CT molecular complexity index is 1380. The van der Waals surface area contributed by atoms with Crippen molar-refractivity contribution >= 4 is 28.8 Å². The van der Waals surface area contributed by atoms with Crippen LogP contribution in [-0.2, 0) is 10.3 Å². The molecule has 0 atom stereocenters. The van der Waals surface area contributed by atoms with Gasteiger partial charge in [-0.15, -0.1) is 0 Å². The van der Waals surface area contributed by atoms with E-state index >= 15 is 0 Å². The Hall–Kier alpha value is -3.94. The average molecular weight is 448 g/mol. The minimum absolute atomic E-state index is 0.0537. The number of carbonyl (C=O) groups is 1. The summed E-state index contributed by atoms with van der Waals surface area (Å²) >= 11 is 0. The van der Waals surface area contributed by atoms with Crippen LogP contribution in [0.1, 0.15) is 44.9 Å². The number of benzene rings is 2. The lowest BCUT2D eigenvalue weighted by molar-refractivity contribution is -0.146. The molecule has 2 heterocycles. The summed E-state index contributed by atoms with van der Waals surface area (Å²) in [7, 11) is 0. The molecule has 0 saturated carbocycles. The van der Waals surface area contributed by atoms with Crippen molar-refractivity contribution in [3.63, 3.8) is 0 Å². The molecule has 0 aliphatic rings. The van der Waals surface area contributed by atoms with Crippen molar-refractivity contribution in [2.45, 2.75) is 39.2 Å². The maximum Gasteiger partial charge on any atom is 0.331 e. The van der Waals surface area contributed by atoms with Gasteiger partial charge in [0, 0.05) is 51.6 Å². The van der Waals surface area contributed by atoms with E-state index in [1.54, 1.807) is 38.4 Å². The van der Waals surface area contributed by atoms with E-state index in [1.807, 2.05) is 16.7 Å². The molecule has 0 aliphatic carbocycles. The maximum absolute atomic E-state index is 13.7. The van der Waals surface area contributed by atoms with Crippen molar-refractivity contribution in [3.05, 3.63) is 65.9 Å². The van der Waals surface area contributed by atoms with E-state index < -0.39 is 11.5 Å². The Kier molecular flexibility index (Phi) is 5.32. The first-order chi connectivity index (χ1) is 15.6. The number of aromatic nitrogens is 3. The van der Waals surface area contributed by atoms with Crippen LogP contribution in [0.2, 0.25) is 0 Å². The van der Waals surface area contributed by atoms with Crippen LogP contribution < -0.4 is 5.73 Å². The second kappa shape index (κ2) is 7.88. The minimum atomic E-state index is -1.22. The molecule has 2 aromatic carbocycles. The third-order valence-corrected chi connectivity index (χ3v) is 5.96. The van der Waals surface area contributed by atoms with Gasteiger partial charge in [0.25, 0.3) is 0 Å². The third-order valence-electron chi connectivity index (χ3n) is 5.96. The summed E-state index contributed by atoms with van der Waals surface area (Å²) < 4.78 is 17.2. The van der Waals surface area contributed by atoms with E-state index in [0.29, 0.717) is 11.3 Å². The fourth-order valence-corrected chi connectivity index (χ4v) is 4.09. The number of nitrogen functional groups attached to an aromatic ring is 1. The number of hydrogen-bond acceptors (Lipinski definition) is 4. The first-order valence-corrected chi connectivity index (χ1v) is 10.6. The topological polar surface area (TPSA) is 110 Å². The standard InChI is InChI=1S/C25H26FN5O2/c1-14(2)23-22(16-12-29-30(13-16)25(3,4)24(32)33)19-10-20(28)15(11-27)9-21(19)31(23)18-7-5-17(26)6-8-18/h5-14,27H,28H2,1-4H3,(H,32,33). The summed E-state index contributed by atoms with van der Waals surface area (Å²) in [6.45, 7) is 7.30. The maximum atomic E-state index is 13.7. The molecule has 4 rings (SSSR count). The van der Waals surface area contributed by atoms with Gasteiger partial charge in [-0.05, 0) is 56.2 Å². The predicted octanol–water partition coefficient (Wildman–Crippen LogP) is 5.16. The number of carboxylic acid groups (broad SMARTS) is 1. The Labute approximate surface area is 190 Å². The van der Waals surface area contributed by atoms with E-state index in [9.17, 15) is 14.3 Å². The van der Waals surface area contributed by atoms with Gasteiger partial charge in [0.05, 0.1) is 11.7 Å². The zero-order valence-corrected chi connectivity index (χ0v) is 18.9. The van der Waals surface area contributed by atoms with Gasteiger partial charge in [-0.25, -0.2) is 9.18 Å². The Morgan fingerprint density at radius 3 is 2.48 bits per heavy atom. The van der Waals surface area contributed by atoms with Gasteiger partial charge >= 0.3 is 5.97 Å². The molecule has 0 fully saturated rings. The lowest BCUT2D eigenvalue weighted by Crippen LogP contribution is -2.35. The van der Waals surface area contributed by atoms with E-state index in [-0.39, 0.29) is 11.7 Å². The number of rotatable bonds is 6. The molecule has 4 N–H and O–H groups in total. The molecule has 0 amide bonds. The van der Waals surface area contributed by atoms with E-state index in [1.165, 1.54) is 23.0 Å². The van der Waals surface area contributed by atoms with Crippen molar-refractivity contribution in [2.75, 3.05) is 5.73 Å². The van der Waals surface area contributed by atoms with Crippen LogP contribution in [0.15, 0.2) is 48.8 Å². The van der Waals surface area contributed by atoms with Crippen LogP contribution in [0.25, 0.3) is 27.7 Å². The van der Waals surface area contributed by atoms with Crippen molar-refractivity contribution in [1.82, 2.24) is 14.3 Å². The Balaban J connectivity index is 2.10. The molecule has 0 bridgehead atoms. The Morgan fingerprint density at radius 1 is 1.24 bits per heavy atom. The molecule has 170 valence electrons. The number of anilines is 1. The average Bonchev–Trinajstić information content (AvgIpc) is 3.36. The predicted molar refractivity (Wildman–Crippen MR) is 128 cm³/mol. The molecule has 7 nitrogen and oxygen atoms in total. The fraction of sp³-hybridized carbons (Fsp3) is 0.240. The van der Waals surface area contributed by atoms with Crippen LogP contribution in [0.3, 0.4) is 0 Å². The second-order valence-corrected chi connectivity index (χ2v) is 8.91. The number of hydrogen-bond donors (Lipinski definition) is 3. The van der Waals surface area contributed by atoms with Gasteiger partial charge in [-0.3, -0.25) is 4.68 Å². The van der Waals surface area contributed by atoms with Gasteiger partial charge in [-0.1, -0.05) is 13.8 Å². The summed E-state index contributed by atoms with van der Waals surface area (Å²) in [5, 5.41) is 22.6. The molecule has 0 unspecified atom stereocenters. The molecule has 0 saturated heterocycles. The molecule has 4 aromatic rings. The largest absolute Gasteiger partial charge is 0.479 e. The number of halogens is 1. The first kappa shape index (κ1) is 22.3. The molecule has 8 heteroatoms. The second-order valence-electron chi connectivity index (χ2n) is 8.91. The molecule has 0 aliphatic heterocycles. The first-order valence-electron chi connectivity index (χ1n) is 10.6. The van der Waals surface area contributed by atoms with Crippen LogP contribution in [0, 0.1) is 11.2 Å². The van der Waals surface area contributed by atoms with Gasteiger partial charge in [0.15, 0.2) is 5.54 Å². The number of nitrogens with two attached hydrogens (primary N) is 1. The van der Waals surface area contributed by atoms with Gasteiger partial charge in [-0.2, -0.15) is 5.10 Å². The molecular weight excluding hydrogens is 421 g/mol. The Morgan fingerprint density at radius 2 is 1.91 bits per heavy atom. The number of nitrogens with zero attached hydrogens (tertiary/aromatic N) is 3. The van der Waals surface area contributed by atoms with Crippen molar-refractivity contribution in [1.29, 1.82) is 5.41 Å². The van der Waals surface area contributed by atoms with Gasteiger partial charge in [0.1, 0.15) is 5.82 Å². The molecule has 33 heavy (non-hydrogen) atoms. The van der Waals surface area contributed by atoms with E-state index in [4.69, 9.17) is 11.1 Å². The van der Waals surface area contributed by atoms with Crippen molar-refractivity contribution in [2.24, 2.45) is 0 Å². The number of nitrogens with one attached hydrogen (secondary N) is 1. The zero-order chi connectivity index (χ0) is 24.1. The highest BCUT2D eigenvalue weighted by molar-refractivity contribution is 6.04. The summed E-state index contributed by atoms with van der Waals surface area (Å²) in [5.41, 5.74) is 10.2. The van der Waals surface area contributed by atoms with Gasteiger partial charge in [0.2, 0.25) is 0 Å². The highest BCUT2D eigenvalue weighted by Crippen LogP contribution is 2.42. The SMILES string of the molecule is CC(C)c1c(-c2cnn(C(C)(C)C(=O)O)c2)c2cc(N)c(C=N)cc2n1-c1ccc(F)cc1. The normalized spacial score (nSPS) is 11.9. The summed E-state index contributed by atoms with van der Waals surface area (Å²) in [6.07, 6.45) is 4.59. The molecular formula is C25H26FN5O2. The zero-order valence-electron chi connectivity index (χ0n) is 18.9. The monoisotopic (exact) mass is 447 g/mol. The lowest BCUT2D eigenvalue weighted by Gasteiger charge is -2.19. The number of aliphatic carboxylic acids is 1. The number of carboxylic acids is 1. The smallest absolute Gasteiger partial charge is 0.331 e. The molecule has 2 aromatic heterocycles. The highest BCUT2D eigenvalue weighted by Gasteiger charge is 2.31. The van der Waals surface area contributed by atoms with Crippen LogP contribution in [0.4, 0.5) is 10.1 Å². The van der Waals surface area contributed by atoms with Crippen molar-refractivity contribution < 1.29 is 14.3 Å². The minimum Gasteiger partial charge on any atom is -0.479 e. The van der Waals surface area contributed by atoms with Crippen LogP contribution in [-0.4, -0.2) is 31.6 Å². The molecule has 0 radical (unpaired) electrons. The van der Waals surface area contributed by atoms with Gasteiger partial charge < -0.3 is 20.8 Å². The van der Waals surface area contributed by atoms with Crippen molar-refractivity contribution in [3.8, 4) is 16.8 Å². The summed E-state index contributed by atoms with van der Waals surface area (Å²) in [5.74, 6) is -1.27. The number of fused-ring (bicyclic) bond motifs is 1. The fourth-order valence-electron chi connectivity index (χ4n) is 4.09. The van der Waals surface area contributed by atoms with Crippen LogP contribution >= 0.6 is 0 Å². The summed E-state index contributed by atoms with van der Waals surface area (Å²) in [4.78, 5) is 11.8.